The maximum atomic E-state index is 11.7. The van der Waals surface area contributed by atoms with Crippen molar-refractivity contribution in [2.75, 3.05) is 6.54 Å². The molecule has 1 aromatic rings. The van der Waals surface area contributed by atoms with Crippen molar-refractivity contribution in [2.45, 2.75) is 45.1 Å². The normalized spacial score (nSPS) is 13.4. The molecule has 18 heavy (non-hydrogen) atoms. The second-order valence-corrected chi connectivity index (χ2v) is 7.13. The van der Waals surface area contributed by atoms with Crippen LogP contribution in [0.3, 0.4) is 0 Å². The van der Waals surface area contributed by atoms with Crippen LogP contribution in [0, 0.1) is 0 Å². The van der Waals surface area contributed by atoms with Crippen LogP contribution in [0.5, 0.6) is 0 Å². The highest BCUT2D eigenvalue weighted by Gasteiger charge is 2.23. The number of rotatable bonds is 6. The molecule has 1 aromatic heterocycles. The molecule has 102 valence electrons. The Bertz CT molecular complexity index is 401. The number of carbonyl (C=O) groups is 1. The van der Waals surface area contributed by atoms with Crippen molar-refractivity contribution in [1.82, 2.24) is 5.32 Å². The molecule has 3 N–H and O–H groups in total. The van der Waals surface area contributed by atoms with E-state index in [9.17, 15) is 4.79 Å². The Morgan fingerprint density at radius 3 is 2.78 bits per heavy atom. The Hall–Kier alpha value is -0.390. The van der Waals surface area contributed by atoms with Gasteiger partial charge in [-0.1, -0.05) is 13.8 Å². The average Bonchev–Trinajstić information content (AvgIpc) is 2.71. The molecule has 1 rings (SSSR count). The molecule has 0 saturated heterocycles. The first-order valence-corrected chi connectivity index (χ1v) is 7.75. The van der Waals surface area contributed by atoms with Crippen LogP contribution in [0.25, 0.3) is 0 Å². The summed E-state index contributed by atoms with van der Waals surface area (Å²) in [6.45, 7) is 6.84. The fraction of sp³-hybridized carbons (Fsp3) is 0.615. The Morgan fingerprint density at radius 1 is 1.61 bits per heavy atom. The van der Waals surface area contributed by atoms with E-state index >= 15 is 0 Å². The van der Waals surface area contributed by atoms with Gasteiger partial charge in [0.05, 0.1) is 0 Å². The van der Waals surface area contributed by atoms with Gasteiger partial charge in [0.25, 0.3) is 0 Å². The summed E-state index contributed by atoms with van der Waals surface area (Å²) in [6.07, 6.45) is 1.23. The molecule has 1 atom stereocenters. The molecule has 0 fully saturated rings. The number of nitrogens with one attached hydrogen (secondary N) is 1. The molecular formula is C13H21BrN2OS. The van der Waals surface area contributed by atoms with Crippen molar-refractivity contribution in [3.8, 4) is 0 Å². The molecule has 0 aliphatic rings. The molecule has 0 saturated carbocycles. The fourth-order valence-corrected chi connectivity index (χ4v) is 3.08. The minimum atomic E-state index is -0.0410. The number of thiophene rings is 1. The lowest BCUT2D eigenvalue weighted by molar-refractivity contribution is -0.121. The van der Waals surface area contributed by atoms with Crippen LogP contribution >= 0.6 is 27.3 Å². The zero-order valence-corrected chi connectivity index (χ0v) is 13.5. The van der Waals surface area contributed by atoms with Gasteiger partial charge in [0, 0.05) is 39.2 Å². The molecule has 3 nitrogen and oxygen atoms in total. The van der Waals surface area contributed by atoms with Crippen molar-refractivity contribution < 1.29 is 4.79 Å². The van der Waals surface area contributed by atoms with Gasteiger partial charge < -0.3 is 11.1 Å². The van der Waals surface area contributed by atoms with Gasteiger partial charge in [-0.2, -0.15) is 0 Å². The van der Waals surface area contributed by atoms with Crippen molar-refractivity contribution >= 4 is 33.2 Å². The minimum absolute atomic E-state index is 0.0410. The molecule has 1 heterocycles. The summed E-state index contributed by atoms with van der Waals surface area (Å²) < 4.78 is 1.10. The third-order valence-electron chi connectivity index (χ3n) is 2.79. The lowest BCUT2D eigenvalue weighted by Crippen LogP contribution is -2.36. The second-order valence-electron chi connectivity index (χ2n) is 5.31. The van der Waals surface area contributed by atoms with Crippen molar-refractivity contribution in [3.05, 3.63) is 20.8 Å². The topological polar surface area (TPSA) is 55.1 Å². The van der Waals surface area contributed by atoms with Gasteiger partial charge in [0.15, 0.2) is 0 Å². The molecule has 0 aliphatic heterocycles. The predicted octanol–water partition coefficient (Wildman–Crippen LogP) is 3.03. The van der Waals surface area contributed by atoms with Crippen LogP contribution in [-0.4, -0.2) is 18.5 Å². The zero-order chi connectivity index (χ0) is 13.8. The number of amides is 1. The van der Waals surface area contributed by atoms with Gasteiger partial charge in [0.1, 0.15) is 0 Å². The highest BCUT2D eigenvalue weighted by molar-refractivity contribution is 9.10. The molecule has 1 unspecified atom stereocenters. The van der Waals surface area contributed by atoms with E-state index < -0.39 is 0 Å². The van der Waals surface area contributed by atoms with E-state index in [1.807, 2.05) is 6.92 Å². The number of carbonyl (C=O) groups excluding carboxylic acids is 1. The van der Waals surface area contributed by atoms with Crippen LogP contribution in [0.1, 0.15) is 38.5 Å². The van der Waals surface area contributed by atoms with E-state index in [1.54, 1.807) is 11.3 Å². The molecule has 0 aliphatic carbocycles. The number of nitrogens with two attached hydrogens (primary N) is 1. The summed E-state index contributed by atoms with van der Waals surface area (Å²) in [5.74, 6) is 0.0796. The SMILES string of the molecule is CC(N)CCC(=O)NCC(C)(C)c1cc(Br)cs1. The highest BCUT2D eigenvalue weighted by Crippen LogP contribution is 2.30. The maximum absolute atomic E-state index is 11.7. The van der Waals surface area contributed by atoms with Crippen LogP contribution < -0.4 is 11.1 Å². The Kier molecular flexibility index (Phi) is 5.82. The van der Waals surface area contributed by atoms with Gasteiger partial charge >= 0.3 is 0 Å². The maximum Gasteiger partial charge on any atom is 0.220 e. The molecule has 0 radical (unpaired) electrons. The quantitative estimate of drug-likeness (QED) is 0.841. The molecule has 5 heteroatoms. The standard InChI is InChI=1S/C13H21BrN2OS/c1-9(15)4-5-12(17)16-8-13(2,3)11-6-10(14)7-18-11/h6-7,9H,4-5,8,15H2,1-3H3,(H,16,17). The summed E-state index contributed by atoms with van der Waals surface area (Å²) in [5, 5.41) is 5.05. The molecule has 1 amide bonds. The fourth-order valence-electron chi connectivity index (χ4n) is 1.52. The first-order valence-electron chi connectivity index (χ1n) is 6.08. The van der Waals surface area contributed by atoms with E-state index in [-0.39, 0.29) is 17.4 Å². The van der Waals surface area contributed by atoms with Gasteiger partial charge in [-0.15, -0.1) is 11.3 Å². The molecule has 0 bridgehead atoms. The lowest BCUT2D eigenvalue weighted by atomic mass is 9.91. The minimum Gasteiger partial charge on any atom is -0.355 e. The number of hydrogen-bond acceptors (Lipinski definition) is 3. The Balaban J connectivity index is 2.44. The third-order valence-corrected chi connectivity index (χ3v) is 4.85. The van der Waals surface area contributed by atoms with E-state index in [0.717, 1.165) is 10.9 Å². The Labute approximate surface area is 121 Å². The van der Waals surface area contributed by atoms with Gasteiger partial charge in [-0.05, 0) is 35.3 Å². The van der Waals surface area contributed by atoms with Gasteiger partial charge in [-0.3, -0.25) is 4.79 Å². The van der Waals surface area contributed by atoms with Crippen molar-refractivity contribution in [2.24, 2.45) is 5.73 Å². The highest BCUT2D eigenvalue weighted by atomic mass is 79.9. The monoisotopic (exact) mass is 332 g/mol. The van der Waals surface area contributed by atoms with Crippen LogP contribution in [0.4, 0.5) is 0 Å². The van der Waals surface area contributed by atoms with Gasteiger partial charge in [-0.25, -0.2) is 0 Å². The first-order chi connectivity index (χ1) is 8.31. The third kappa shape index (κ3) is 5.08. The summed E-state index contributed by atoms with van der Waals surface area (Å²) >= 11 is 5.16. The summed E-state index contributed by atoms with van der Waals surface area (Å²) in [5.41, 5.74) is 5.59. The second kappa shape index (κ2) is 6.68. The first kappa shape index (κ1) is 15.7. The van der Waals surface area contributed by atoms with Gasteiger partial charge in [0.2, 0.25) is 5.91 Å². The number of halogens is 1. The predicted molar refractivity (Wildman–Crippen MR) is 80.9 cm³/mol. The number of hydrogen-bond donors (Lipinski definition) is 2. The van der Waals surface area contributed by atoms with Crippen LogP contribution in [0.2, 0.25) is 0 Å². The largest absolute Gasteiger partial charge is 0.355 e. The van der Waals surface area contributed by atoms with E-state index in [0.29, 0.717) is 13.0 Å². The van der Waals surface area contributed by atoms with E-state index in [2.05, 4.69) is 46.5 Å². The zero-order valence-electron chi connectivity index (χ0n) is 11.1. The molecule has 0 spiro atoms. The van der Waals surface area contributed by atoms with Crippen molar-refractivity contribution in [3.63, 3.8) is 0 Å². The van der Waals surface area contributed by atoms with Crippen LogP contribution in [0.15, 0.2) is 15.9 Å². The average molecular weight is 333 g/mol. The Morgan fingerprint density at radius 2 is 2.28 bits per heavy atom. The molecular weight excluding hydrogens is 312 g/mol. The lowest BCUT2D eigenvalue weighted by Gasteiger charge is -2.23. The van der Waals surface area contributed by atoms with E-state index in [1.165, 1.54) is 4.88 Å². The summed E-state index contributed by atoms with van der Waals surface area (Å²) in [7, 11) is 0. The summed E-state index contributed by atoms with van der Waals surface area (Å²) in [6, 6.07) is 2.19. The van der Waals surface area contributed by atoms with E-state index in [4.69, 9.17) is 5.73 Å². The molecule has 0 aromatic carbocycles. The van der Waals surface area contributed by atoms with Crippen molar-refractivity contribution in [1.29, 1.82) is 0 Å². The smallest absolute Gasteiger partial charge is 0.220 e. The van der Waals surface area contributed by atoms with Crippen LogP contribution in [-0.2, 0) is 10.2 Å². The summed E-state index contributed by atoms with van der Waals surface area (Å²) in [4.78, 5) is 12.9.